The van der Waals surface area contributed by atoms with Crippen molar-refractivity contribution in [3.8, 4) is 11.5 Å². The van der Waals surface area contributed by atoms with Crippen molar-refractivity contribution in [2.75, 3.05) is 0 Å². The van der Waals surface area contributed by atoms with Crippen LogP contribution in [-0.4, -0.2) is 47.4 Å². The van der Waals surface area contributed by atoms with E-state index in [2.05, 4.69) is 0 Å². The smallest absolute Gasteiger partial charge is 0.480 e. The molecular weight excluding hydrogens is 446 g/mol. The third-order valence-corrected chi connectivity index (χ3v) is 5.51. The van der Waals surface area contributed by atoms with Crippen LogP contribution in [-0.2, 0) is 23.9 Å². The first-order valence-corrected chi connectivity index (χ1v) is 11.4. The van der Waals surface area contributed by atoms with Gasteiger partial charge in [0, 0.05) is 24.7 Å². The lowest BCUT2D eigenvalue weighted by atomic mass is 9.79. The van der Waals surface area contributed by atoms with Crippen molar-refractivity contribution < 1.29 is 43.2 Å². The van der Waals surface area contributed by atoms with E-state index in [0.717, 1.165) is 0 Å². The zero-order valence-electron chi connectivity index (χ0n) is 20.5. The van der Waals surface area contributed by atoms with E-state index in [1.54, 1.807) is 34.6 Å². The Morgan fingerprint density at radius 1 is 0.912 bits per heavy atom. The molecule has 0 spiro atoms. The Labute approximate surface area is 199 Å². The van der Waals surface area contributed by atoms with Gasteiger partial charge in [-0.2, -0.15) is 0 Å². The number of hydrogen-bond acceptors (Lipinski definition) is 9. The first-order chi connectivity index (χ1) is 15.9. The van der Waals surface area contributed by atoms with Crippen molar-refractivity contribution >= 4 is 24.1 Å². The second-order valence-corrected chi connectivity index (χ2v) is 8.02. The summed E-state index contributed by atoms with van der Waals surface area (Å²) >= 11 is 0. The number of rotatable bonds is 12. The van der Waals surface area contributed by atoms with E-state index in [-0.39, 0.29) is 30.4 Å². The summed E-state index contributed by atoms with van der Waals surface area (Å²) in [5.74, 6) is -3.80. The molecular formula is C24H35NO9. The lowest BCUT2D eigenvalue weighted by Crippen LogP contribution is -2.42. The van der Waals surface area contributed by atoms with Gasteiger partial charge in [0.05, 0.1) is 0 Å². The summed E-state index contributed by atoms with van der Waals surface area (Å²) in [6.45, 7) is 10.1. The molecule has 4 unspecified atom stereocenters. The van der Waals surface area contributed by atoms with E-state index >= 15 is 0 Å². The molecule has 5 atom stereocenters. The molecule has 1 aromatic rings. The third kappa shape index (κ3) is 8.33. The lowest BCUT2D eigenvalue weighted by Gasteiger charge is -2.31. The summed E-state index contributed by atoms with van der Waals surface area (Å²) in [5.41, 5.74) is 6.42. The maximum atomic E-state index is 12.1. The highest BCUT2D eigenvalue weighted by molar-refractivity contribution is 5.77. The summed E-state index contributed by atoms with van der Waals surface area (Å²) in [5, 5.41) is 9.62. The van der Waals surface area contributed by atoms with Crippen LogP contribution in [0.4, 0.5) is 4.79 Å². The van der Waals surface area contributed by atoms with Gasteiger partial charge in [-0.05, 0) is 38.0 Å². The number of carboxylic acid groups (broad SMARTS) is 1. The highest BCUT2D eigenvalue weighted by Crippen LogP contribution is 2.37. The van der Waals surface area contributed by atoms with Crippen molar-refractivity contribution in [3.63, 3.8) is 0 Å². The van der Waals surface area contributed by atoms with E-state index in [1.165, 1.54) is 18.2 Å². The summed E-state index contributed by atoms with van der Waals surface area (Å²) < 4.78 is 21.1. The van der Waals surface area contributed by atoms with Crippen LogP contribution in [0.3, 0.4) is 0 Å². The fourth-order valence-corrected chi connectivity index (χ4v) is 3.10. The van der Waals surface area contributed by atoms with Crippen molar-refractivity contribution in [2.24, 2.45) is 11.7 Å². The van der Waals surface area contributed by atoms with Gasteiger partial charge in [0.2, 0.25) is 0 Å². The number of nitrogens with two attached hydrogens (primary N) is 1. The molecule has 10 nitrogen and oxygen atoms in total. The largest absolute Gasteiger partial charge is 0.508 e. The van der Waals surface area contributed by atoms with Crippen LogP contribution in [0, 0.1) is 5.92 Å². The molecule has 1 rings (SSSR count). The molecule has 3 N–H and O–H groups in total. The van der Waals surface area contributed by atoms with Crippen molar-refractivity contribution in [1.29, 1.82) is 0 Å². The summed E-state index contributed by atoms with van der Waals surface area (Å²) in [7, 11) is 0. The number of ether oxygens (including phenoxy) is 4. The fraction of sp³-hybridized carbons (Fsp3) is 0.583. The molecule has 190 valence electrons. The standard InChI is InChI=1S/C24H35NO9/c1-7-13(4)31-24(30)32-15(6)14(5)21(22(25)23(28)29)16-10-11-17(33-19(26)8-2)18(12-16)34-20(27)9-3/h10-15,21-22H,7-9,25H2,1-6H3,(H,28,29)/t13?,14?,15?,21?,22-/m0/s1. The Kier molecular flexibility index (Phi) is 11.5. The molecule has 1 aromatic carbocycles. The zero-order chi connectivity index (χ0) is 26.0. The Morgan fingerprint density at radius 3 is 1.97 bits per heavy atom. The minimum atomic E-state index is -1.37. The summed E-state index contributed by atoms with van der Waals surface area (Å²) in [6, 6.07) is 3.00. The minimum absolute atomic E-state index is 0.0223. The van der Waals surface area contributed by atoms with Gasteiger partial charge in [0.1, 0.15) is 18.2 Å². The monoisotopic (exact) mass is 481 g/mol. The number of hydrogen-bond donors (Lipinski definition) is 2. The summed E-state index contributed by atoms with van der Waals surface area (Å²) in [4.78, 5) is 47.6. The number of esters is 2. The van der Waals surface area contributed by atoms with Crippen molar-refractivity contribution in [2.45, 2.75) is 85.0 Å². The van der Waals surface area contributed by atoms with E-state index in [4.69, 9.17) is 24.7 Å². The molecule has 0 amide bonds. The van der Waals surface area contributed by atoms with E-state index in [0.29, 0.717) is 12.0 Å². The van der Waals surface area contributed by atoms with Crippen LogP contribution in [0.15, 0.2) is 18.2 Å². The van der Waals surface area contributed by atoms with Crippen molar-refractivity contribution in [3.05, 3.63) is 23.8 Å². The Balaban J connectivity index is 3.35. The van der Waals surface area contributed by atoms with Crippen LogP contribution in [0.5, 0.6) is 11.5 Å². The van der Waals surface area contributed by atoms with Gasteiger partial charge in [-0.25, -0.2) is 4.79 Å². The van der Waals surface area contributed by atoms with Gasteiger partial charge in [-0.15, -0.1) is 0 Å². The Bertz CT molecular complexity index is 870. The van der Waals surface area contributed by atoms with Gasteiger partial charge in [-0.3, -0.25) is 14.4 Å². The molecule has 0 aliphatic carbocycles. The molecule has 0 bridgehead atoms. The minimum Gasteiger partial charge on any atom is -0.480 e. The maximum absolute atomic E-state index is 12.1. The quantitative estimate of drug-likeness (QED) is 0.333. The predicted molar refractivity (Wildman–Crippen MR) is 123 cm³/mol. The van der Waals surface area contributed by atoms with Crippen LogP contribution in [0.2, 0.25) is 0 Å². The van der Waals surface area contributed by atoms with E-state index < -0.39 is 48.0 Å². The third-order valence-electron chi connectivity index (χ3n) is 5.51. The van der Waals surface area contributed by atoms with Crippen LogP contribution in [0.25, 0.3) is 0 Å². The number of benzene rings is 1. The topological polar surface area (TPSA) is 151 Å². The number of carbonyl (C=O) groups is 4. The highest BCUT2D eigenvalue weighted by atomic mass is 16.7. The highest BCUT2D eigenvalue weighted by Gasteiger charge is 2.36. The average molecular weight is 482 g/mol. The fourth-order valence-electron chi connectivity index (χ4n) is 3.10. The SMILES string of the molecule is CCC(=O)Oc1ccc(C(C(C)C(C)OC(=O)OC(C)CC)[C@H](N)C(=O)O)cc1OC(=O)CC. The predicted octanol–water partition coefficient (Wildman–Crippen LogP) is 3.79. The van der Waals surface area contributed by atoms with Crippen molar-refractivity contribution in [1.82, 2.24) is 0 Å². The molecule has 0 saturated carbocycles. The van der Waals surface area contributed by atoms with E-state index in [9.17, 15) is 24.3 Å². The Morgan fingerprint density at radius 2 is 1.47 bits per heavy atom. The molecule has 0 saturated heterocycles. The second-order valence-electron chi connectivity index (χ2n) is 8.02. The van der Waals surface area contributed by atoms with Crippen LogP contribution >= 0.6 is 0 Å². The molecule has 0 aliphatic rings. The second kappa shape index (κ2) is 13.5. The number of carboxylic acids is 1. The Hall–Kier alpha value is -3.14. The van der Waals surface area contributed by atoms with E-state index in [1.807, 2.05) is 6.92 Å². The van der Waals surface area contributed by atoms with Gasteiger partial charge in [-0.1, -0.05) is 33.8 Å². The average Bonchev–Trinajstić information content (AvgIpc) is 2.79. The molecule has 0 fully saturated rings. The molecule has 0 aromatic heterocycles. The van der Waals surface area contributed by atoms with Crippen LogP contribution in [0.1, 0.15) is 72.3 Å². The molecule has 0 heterocycles. The molecule has 0 aliphatic heterocycles. The normalized spacial score (nSPS) is 15.3. The van der Waals surface area contributed by atoms with Gasteiger partial charge >= 0.3 is 24.1 Å². The molecule has 0 radical (unpaired) electrons. The molecule has 10 heteroatoms. The zero-order valence-corrected chi connectivity index (χ0v) is 20.5. The van der Waals surface area contributed by atoms with Gasteiger partial charge < -0.3 is 29.8 Å². The number of aliphatic carboxylic acids is 1. The number of carbonyl (C=O) groups excluding carboxylic acids is 3. The maximum Gasteiger partial charge on any atom is 0.508 e. The first kappa shape index (κ1) is 28.9. The first-order valence-electron chi connectivity index (χ1n) is 11.4. The molecule has 34 heavy (non-hydrogen) atoms. The lowest BCUT2D eigenvalue weighted by molar-refractivity contribution is -0.140. The van der Waals surface area contributed by atoms with Gasteiger partial charge in [0.25, 0.3) is 0 Å². The van der Waals surface area contributed by atoms with Crippen LogP contribution < -0.4 is 15.2 Å². The summed E-state index contributed by atoms with van der Waals surface area (Å²) in [6.07, 6.45) is -1.17. The van der Waals surface area contributed by atoms with Gasteiger partial charge in [0.15, 0.2) is 11.5 Å².